The Morgan fingerprint density at radius 2 is 1.76 bits per heavy atom. The van der Waals surface area contributed by atoms with Crippen LogP contribution in [0.15, 0.2) is 77.1 Å². The van der Waals surface area contributed by atoms with Crippen molar-refractivity contribution in [1.82, 2.24) is 0 Å². The summed E-state index contributed by atoms with van der Waals surface area (Å²) in [6.45, 7) is 4.74. The van der Waals surface area contributed by atoms with Gasteiger partial charge in [-0.15, -0.1) is 11.3 Å². The molecule has 0 saturated heterocycles. The molecule has 3 rings (SSSR count). The fourth-order valence-electron chi connectivity index (χ4n) is 2.55. The van der Waals surface area contributed by atoms with E-state index in [4.69, 9.17) is 9.47 Å². The monoisotopic (exact) mass is 405 g/mol. The van der Waals surface area contributed by atoms with E-state index in [9.17, 15) is 4.79 Å². The lowest BCUT2D eigenvalue weighted by atomic mass is 10.1. The van der Waals surface area contributed by atoms with Crippen LogP contribution in [0.3, 0.4) is 0 Å². The van der Waals surface area contributed by atoms with E-state index in [1.54, 1.807) is 29.5 Å². The van der Waals surface area contributed by atoms with Crippen molar-refractivity contribution < 1.29 is 14.3 Å². The van der Waals surface area contributed by atoms with Crippen molar-refractivity contribution in [3.05, 3.63) is 82.6 Å². The molecule has 0 saturated carbocycles. The number of aliphatic imine (C=N–C) groups is 1. The predicted octanol–water partition coefficient (Wildman–Crippen LogP) is 6.30. The molecule has 1 heterocycles. The van der Waals surface area contributed by atoms with Crippen LogP contribution in [-0.2, 0) is 4.79 Å². The van der Waals surface area contributed by atoms with Gasteiger partial charge in [0.2, 0.25) is 0 Å². The van der Waals surface area contributed by atoms with Crippen LogP contribution in [0.2, 0.25) is 0 Å². The van der Waals surface area contributed by atoms with Crippen molar-refractivity contribution in [3.63, 3.8) is 0 Å². The summed E-state index contributed by atoms with van der Waals surface area (Å²) in [6, 6.07) is 18.9. The predicted molar refractivity (Wildman–Crippen MR) is 120 cm³/mol. The fraction of sp³-hybridized carbons (Fsp3) is 0.167. The molecule has 5 heteroatoms. The van der Waals surface area contributed by atoms with Gasteiger partial charge in [0.15, 0.2) is 0 Å². The second kappa shape index (κ2) is 10.4. The molecule has 0 aliphatic rings. The molecule has 0 bridgehead atoms. The van der Waals surface area contributed by atoms with E-state index in [-0.39, 0.29) is 0 Å². The molecule has 3 aromatic rings. The summed E-state index contributed by atoms with van der Waals surface area (Å²) in [5.41, 5.74) is 2.70. The van der Waals surface area contributed by atoms with Crippen LogP contribution in [0.25, 0.3) is 6.08 Å². The third-order valence-electron chi connectivity index (χ3n) is 4.02. The first-order valence-electron chi connectivity index (χ1n) is 9.46. The minimum Gasteiger partial charge on any atom is -0.494 e. The Kier molecular flexibility index (Phi) is 7.36. The lowest BCUT2D eigenvalue weighted by Crippen LogP contribution is -2.04. The van der Waals surface area contributed by atoms with Crippen LogP contribution in [-0.4, -0.2) is 18.3 Å². The Balaban J connectivity index is 1.60. The normalized spacial score (nSPS) is 11.6. The molecule has 29 heavy (non-hydrogen) atoms. The molecule has 0 spiro atoms. The molecule has 0 N–H and O–H groups in total. The van der Waals surface area contributed by atoms with Crippen LogP contribution < -0.4 is 9.47 Å². The molecule has 0 amide bonds. The highest BCUT2D eigenvalue weighted by atomic mass is 32.1. The standard InChI is InChI=1S/C24H23NO3S/c1-3-16-27-21-12-8-20(9-13-21)25-18(2)19-6-10-22(11-7-19)28-24(26)15-14-23-5-4-17-29-23/h4-15,17H,3,16H2,1-2H3/b15-14+,25-18?. The lowest BCUT2D eigenvalue weighted by molar-refractivity contribution is -0.128. The molecule has 0 unspecified atom stereocenters. The van der Waals surface area contributed by atoms with E-state index in [0.717, 1.165) is 34.0 Å². The van der Waals surface area contributed by atoms with Gasteiger partial charge in [-0.25, -0.2) is 4.79 Å². The van der Waals surface area contributed by atoms with Crippen molar-refractivity contribution in [2.75, 3.05) is 6.61 Å². The van der Waals surface area contributed by atoms with E-state index in [2.05, 4.69) is 11.9 Å². The summed E-state index contributed by atoms with van der Waals surface area (Å²) in [5.74, 6) is 0.949. The Labute approximate surface area is 175 Å². The Hall–Kier alpha value is -3.18. The second-order valence-electron chi connectivity index (χ2n) is 6.33. The molecule has 2 aromatic carbocycles. The zero-order valence-electron chi connectivity index (χ0n) is 16.5. The van der Waals surface area contributed by atoms with Gasteiger partial charge in [0.25, 0.3) is 0 Å². The molecule has 0 aliphatic heterocycles. The topological polar surface area (TPSA) is 47.9 Å². The first-order chi connectivity index (χ1) is 14.1. The third-order valence-corrected chi connectivity index (χ3v) is 4.86. The number of ether oxygens (including phenoxy) is 2. The molecule has 4 nitrogen and oxygen atoms in total. The van der Waals surface area contributed by atoms with Gasteiger partial charge >= 0.3 is 5.97 Å². The molecule has 148 valence electrons. The number of esters is 1. The van der Waals surface area contributed by atoms with E-state index in [0.29, 0.717) is 12.4 Å². The lowest BCUT2D eigenvalue weighted by Gasteiger charge is -2.06. The highest BCUT2D eigenvalue weighted by molar-refractivity contribution is 7.10. The maximum Gasteiger partial charge on any atom is 0.336 e. The minimum absolute atomic E-state index is 0.401. The summed E-state index contributed by atoms with van der Waals surface area (Å²) in [5, 5.41) is 1.96. The van der Waals surface area contributed by atoms with Gasteiger partial charge in [-0.1, -0.05) is 13.0 Å². The molecule has 1 aromatic heterocycles. The SMILES string of the molecule is CCCOc1ccc(N=C(C)c2ccc(OC(=O)/C=C/c3cccs3)cc2)cc1. The van der Waals surface area contributed by atoms with Gasteiger partial charge in [-0.05, 0) is 85.0 Å². The molecule has 0 radical (unpaired) electrons. The number of nitrogens with zero attached hydrogens (tertiary/aromatic N) is 1. The molecule has 0 fully saturated rings. The molecular weight excluding hydrogens is 382 g/mol. The van der Waals surface area contributed by atoms with Crippen LogP contribution in [0.4, 0.5) is 5.69 Å². The van der Waals surface area contributed by atoms with Gasteiger partial charge in [-0.2, -0.15) is 0 Å². The quantitative estimate of drug-likeness (QED) is 0.191. The Morgan fingerprint density at radius 1 is 1.03 bits per heavy atom. The van der Waals surface area contributed by atoms with Gasteiger partial charge in [0.1, 0.15) is 11.5 Å². The summed E-state index contributed by atoms with van der Waals surface area (Å²) in [6.07, 6.45) is 4.16. The van der Waals surface area contributed by atoms with Gasteiger partial charge in [0.05, 0.1) is 12.3 Å². The number of benzene rings is 2. The number of rotatable bonds is 8. The smallest absolute Gasteiger partial charge is 0.336 e. The van der Waals surface area contributed by atoms with E-state index in [1.807, 2.05) is 60.8 Å². The summed E-state index contributed by atoms with van der Waals surface area (Å²) < 4.78 is 10.9. The fourth-order valence-corrected chi connectivity index (χ4v) is 3.16. The highest BCUT2D eigenvalue weighted by Gasteiger charge is 2.03. The Morgan fingerprint density at radius 3 is 2.41 bits per heavy atom. The number of hydrogen-bond acceptors (Lipinski definition) is 5. The molecular formula is C24H23NO3S. The number of carbonyl (C=O) groups excluding carboxylic acids is 1. The van der Waals surface area contributed by atoms with Crippen molar-refractivity contribution in [2.24, 2.45) is 4.99 Å². The van der Waals surface area contributed by atoms with Crippen molar-refractivity contribution in [3.8, 4) is 11.5 Å². The number of carbonyl (C=O) groups is 1. The summed E-state index contributed by atoms with van der Waals surface area (Å²) in [4.78, 5) is 17.6. The van der Waals surface area contributed by atoms with E-state index >= 15 is 0 Å². The molecule has 0 atom stereocenters. The average molecular weight is 406 g/mol. The van der Waals surface area contributed by atoms with Crippen LogP contribution in [0, 0.1) is 0 Å². The zero-order valence-corrected chi connectivity index (χ0v) is 17.3. The first-order valence-corrected chi connectivity index (χ1v) is 10.3. The van der Waals surface area contributed by atoms with Gasteiger partial charge < -0.3 is 9.47 Å². The maximum absolute atomic E-state index is 11.9. The Bertz CT molecular complexity index is 972. The van der Waals surface area contributed by atoms with Crippen molar-refractivity contribution >= 4 is 34.8 Å². The number of hydrogen-bond donors (Lipinski definition) is 0. The average Bonchev–Trinajstić information content (AvgIpc) is 3.26. The summed E-state index contributed by atoms with van der Waals surface area (Å²) >= 11 is 1.57. The zero-order chi connectivity index (χ0) is 20.5. The molecule has 0 aliphatic carbocycles. The van der Waals surface area contributed by atoms with E-state index in [1.165, 1.54) is 6.08 Å². The minimum atomic E-state index is -0.401. The maximum atomic E-state index is 11.9. The first kappa shape index (κ1) is 20.6. The van der Waals surface area contributed by atoms with Gasteiger partial charge in [-0.3, -0.25) is 4.99 Å². The third kappa shape index (κ3) is 6.43. The van der Waals surface area contributed by atoms with Crippen LogP contribution >= 0.6 is 11.3 Å². The largest absolute Gasteiger partial charge is 0.494 e. The van der Waals surface area contributed by atoms with Crippen molar-refractivity contribution in [1.29, 1.82) is 0 Å². The van der Waals surface area contributed by atoms with Crippen LogP contribution in [0.1, 0.15) is 30.7 Å². The van der Waals surface area contributed by atoms with Crippen LogP contribution in [0.5, 0.6) is 11.5 Å². The van der Waals surface area contributed by atoms with Crippen molar-refractivity contribution in [2.45, 2.75) is 20.3 Å². The summed E-state index contributed by atoms with van der Waals surface area (Å²) in [7, 11) is 0. The number of thiophene rings is 1. The highest BCUT2D eigenvalue weighted by Crippen LogP contribution is 2.20. The van der Waals surface area contributed by atoms with Gasteiger partial charge in [0, 0.05) is 16.7 Å². The second-order valence-corrected chi connectivity index (χ2v) is 7.31. The van der Waals surface area contributed by atoms with E-state index < -0.39 is 5.97 Å².